The first-order chi connectivity index (χ1) is 8.38. The molecule has 0 amide bonds. The lowest BCUT2D eigenvalue weighted by molar-refractivity contribution is -0.150. The number of aliphatic hydroxyl groups excluding tert-OH is 1. The van der Waals surface area contributed by atoms with Crippen LogP contribution >= 0.6 is 0 Å². The molecular weight excluding hydrogens is 249 g/mol. The molecule has 0 unspecified atom stereocenters. The minimum absolute atomic E-state index is 0.313. The second kappa shape index (κ2) is 4.45. The van der Waals surface area contributed by atoms with Crippen molar-refractivity contribution in [1.82, 2.24) is 0 Å². The fraction of sp³-hybridized carbons (Fsp3) is 0.250. The van der Waals surface area contributed by atoms with E-state index in [4.69, 9.17) is 4.74 Å². The number of ether oxygens (including phenoxy) is 1. The number of aliphatic hydroxyl groups is 1. The van der Waals surface area contributed by atoms with E-state index in [1.165, 1.54) is 18.2 Å². The van der Waals surface area contributed by atoms with Gasteiger partial charge in [-0.25, -0.2) is 4.79 Å². The zero-order valence-corrected chi connectivity index (χ0v) is 9.02. The molecule has 1 aliphatic rings. The summed E-state index contributed by atoms with van der Waals surface area (Å²) >= 11 is 0. The second-order valence-corrected chi connectivity index (χ2v) is 3.83. The SMILES string of the molecule is O=C1C=C[C@@H](O)[C@@H](c2ccc(C(F)(F)F)cc2)O1. The van der Waals surface area contributed by atoms with Crippen LogP contribution in [0.1, 0.15) is 17.2 Å². The summed E-state index contributed by atoms with van der Waals surface area (Å²) in [7, 11) is 0. The molecule has 1 N–H and O–H groups in total. The van der Waals surface area contributed by atoms with E-state index in [1.54, 1.807) is 0 Å². The summed E-state index contributed by atoms with van der Waals surface area (Å²) in [6, 6.07) is 4.13. The zero-order valence-electron chi connectivity index (χ0n) is 9.02. The number of benzene rings is 1. The first-order valence-corrected chi connectivity index (χ1v) is 5.12. The van der Waals surface area contributed by atoms with Crippen molar-refractivity contribution < 1.29 is 27.8 Å². The van der Waals surface area contributed by atoms with E-state index in [0.717, 1.165) is 18.2 Å². The minimum Gasteiger partial charge on any atom is -0.451 e. The molecule has 0 aliphatic carbocycles. The Balaban J connectivity index is 2.25. The number of alkyl halides is 3. The lowest BCUT2D eigenvalue weighted by atomic mass is 10.0. The minimum atomic E-state index is -4.42. The van der Waals surface area contributed by atoms with Gasteiger partial charge in [-0.2, -0.15) is 13.2 Å². The molecule has 6 heteroatoms. The summed E-state index contributed by atoms with van der Waals surface area (Å²) in [6.07, 6.45) is -4.12. The van der Waals surface area contributed by atoms with Crippen LogP contribution in [0.25, 0.3) is 0 Å². The fourth-order valence-corrected chi connectivity index (χ4v) is 1.64. The lowest BCUT2D eigenvalue weighted by Crippen LogP contribution is -2.25. The molecule has 1 aliphatic heterocycles. The number of carbonyl (C=O) groups excluding carboxylic acids is 1. The van der Waals surface area contributed by atoms with Crippen molar-refractivity contribution in [1.29, 1.82) is 0 Å². The molecule has 0 saturated carbocycles. The topological polar surface area (TPSA) is 46.5 Å². The van der Waals surface area contributed by atoms with Gasteiger partial charge < -0.3 is 9.84 Å². The Hall–Kier alpha value is -1.82. The zero-order chi connectivity index (χ0) is 13.3. The van der Waals surface area contributed by atoms with Gasteiger partial charge in [-0.05, 0) is 23.8 Å². The highest BCUT2D eigenvalue weighted by Gasteiger charge is 2.31. The molecular formula is C12H9F3O3. The maximum atomic E-state index is 12.4. The largest absolute Gasteiger partial charge is 0.451 e. The summed E-state index contributed by atoms with van der Waals surface area (Å²) in [6.45, 7) is 0. The molecule has 0 fully saturated rings. The molecule has 0 radical (unpaired) electrons. The van der Waals surface area contributed by atoms with Gasteiger partial charge in [0.15, 0.2) is 6.10 Å². The predicted octanol–water partition coefficient (Wildman–Crippen LogP) is 2.22. The quantitative estimate of drug-likeness (QED) is 0.786. The molecule has 1 aromatic rings. The maximum absolute atomic E-state index is 12.4. The second-order valence-electron chi connectivity index (χ2n) is 3.83. The van der Waals surface area contributed by atoms with Crippen LogP contribution < -0.4 is 0 Å². The third kappa shape index (κ3) is 2.53. The van der Waals surface area contributed by atoms with E-state index in [1.807, 2.05) is 0 Å². The Morgan fingerprint density at radius 1 is 1.17 bits per heavy atom. The van der Waals surface area contributed by atoms with Gasteiger partial charge in [-0.1, -0.05) is 12.1 Å². The van der Waals surface area contributed by atoms with Gasteiger partial charge in [0, 0.05) is 6.08 Å². The summed E-state index contributed by atoms with van der Waals surface area (Å²) < 4.78 is 41.9. The number of cyclic esters (lactones) is 1. The van der Waals surface area contributed by atoms with Crippen LogP contribution in [0.2, 0.25) is 0 Å². The Kier molecular flexibility index (Phi) is 3.13. The van der Waals surface area contributed by atoms with E-state index in [0.29, 0.717) is 5.56 Å². The smallest absolute Gasteiger partial charge is 0.416 e. The molecule has 0 bridgehead atoms. The summed E-state index contributed by atoms with van der Waals surface area (Å²) in [5.41, 5.74) is -0.480. The first kappa shape index (κ1) is 12.6. The van der Waals surface area contributed by atoms with Crippen LogP contribution in [0.4, 0.5) is 13.2 Å². The van der Waals surface area contributed by atoms with E-state index in [-0.39, 0.29) is 0 Å². The van der Waals surface area contributed by atoms with Crippen LogP contribution in [0.15, 0.2) is 36.4 Å². The van der Waals surface area contributed by atoms with Crippen molar-refractivity contribution in [2.75, 3.05) is 0 Å². The highest BCUT2D eigenvalue weighted by atomic mass is 19.4. The number of esters is 1. The molecule has 0 spiro atoms. The van der Waals surface area contributed by atoms with E-state index >= 15 is 0 Å². The molecule has 96 valence electrons. The molecule has 18 heavy (non-hydrogen) atoms. The van der Waals surface area contributed by atoms with Gasteiger partial charge in [0.05, 0.1) is 5.56 Å². The lowest BCUT2D eigenvalue weighted by Gasteiger charge is -2.24. The average Bonchev–Trinajstić information content (AvgIpc) is 2.31. The third-order valence-corrected chi connectivity index (χ3v) is 2.55. The van der Waals surface area contributed by atoms with Crippen molar-refractivity contribution in [3.63, 3.8) is 0 Å². The number of halogens is 3. The molecule has 2 atom stereocenters. The number of hydrogen-bond donors (Lipinski definition) is 1. The summed E-state index contributed by atoms with van der Waals surface area (Å²) in [5, 5.41) is 9.58. The van der Waals surface area contributed by atoms with Crippen LogP contribution in [0.5, 0.6) is 0 Å². The van der Waals surface area contributed by atoms with Crippen LogP contribution in [-0.2, 0) is 15.7 Å². The molecule has 0 aromatic heterocycles. The monoisotopic (exact) mass is 258 g/mol. The van der Waals surface area contributed by atoms with Gasteiger partial charge in [-0.3, -0.25) is 0 Å². The van der Waals surface area contributed by atoms with Gasteiger partial charge in [0.1, 0.15) is 6.10 Å². The van der Waals surface area contributed by atoms with Crippen LogP contribution in [-0.4, -0.2) is 17.2 Å². The molecule has 0 saturated heterocycles. The molecule has 1 heterocycles. The highest BCUT2D eigenvalue weighted by molar-refractivity contribution is 5.83. The molecule has 1 aromatic carbocycles. The third-order valence-electron chi connectivity index (χ3n) is 2.55. The van der Waals surface area contributed by atoms with Crippen molar-refractivity contribution in [2.45, 2.75) is 18.4 Å². The number of carbonyl (C=O) groups is 1. The number of rotatable bonds is 1. The number of hydrogen-bond acceptors (Lipinski definition) is 3. The fourth-order valence-electron chi connectivity index (χ4n) is 1.64. The Labute approximate surface area is 100 Å². The van der Waals surface area contributed by atoms with Crippen molar-refractivity contribution in [3.8, 4) is 0 Å². The van der Waals surface area contributed by atoms with Crippen molar-refractivity contribution in [3.05, 3.63) is 47.5 Å². The first-order valence-electron chi connectivity index (χ1n) is 5.12. The standard InChI is InChI=1S/C12H9F3O3/c13-12(14,15)8-3-1-7(2-4-8)11-9(16)5-6-10(17)18-11/h1-6,9,11,16H/t9-,11-/m1/s1. The predicted molar refractivity (Wildman–Crippen MR) is 55.4 cm³/mol. The van der Waals surface area contributed by atoms with Gasteiger partial charge in [-0.15, -0.1) is 0 Å². The van der Waals surface area contributed by atoms with Crippen LogP contribution in [0.3, 0.4) is 0 Å². The van der Waals surface area contributed by atoms with Crippen LogP contribution in [0, 0.1) is 0 Å². The van der Waals surface area contributed by atoms with Gasteiger partial charge in [0.2, 0.25) is 0 Å². The van der Waals surface area contributed by atoms with E-state index in [9.17, 15) is 23.1 Å². The molecule has 3 nitrogen and oxygen atoms in total. The van der Waals surface area contributed by atoms with Crippen molar-refractivity contribution >= 4 is 5.97 Å². The Bertz CT molecular complexity index is 476. The average molecular weight is 258 g/mol. The van der Waals surface area contributed by atoms with E-state index < -0.39 is 29.9 Å². The Morgan fingerprint density at radius 3 is 2.33 bits per heavy atom. The Morgan fingerprint density at radius 2 is 1.78 bits per heavy atom. The maximum Gasteiger partial charge on any atom is 0.416 e. The van der Waals surface area contributed by atoms with E-state index in [2.05, 4.69) is 0 Å². The summed E-state index contributed by atoms with van der Waals surface area (Å²) in [5.74, 6) is -0.634. The van der Waals surface area contributed by atoms with Gasteiger partial charge >= 0.3 is 12.1 Å². The van der Waals surface area contributed by atoms with Gasteiger partial charge in [0.25, 0.3) is 0 Å². The highest BCUT2D eigenvalue weighted by Crippen LogP contribution is 2.31. The normalized spacial score (nSPS) is 23.9. The molecule has 2 rings (SSSR count). The summed E-state index contributed by atoms with van der Waals surface area (Å²) in [4.78, 5) is 11.0. The van der Waals surface area contributed by atoms with Crippen molar-refractivity contribution in [2.24, 2.45) is 0 Å².